The summed E-state index contributed by atoms with van der Waals surface area (Å²) in [4.78, 5) is 13.5. The molecule has 20 heavy (non-hydrogen) atoms. The molecule has 1 rings (SSSR count). The fraction of sp³-hybridized carbons (Fsp3) is 0.429. The summed E-state index contributed by atoms with van der Waals surface area (Å²) >= 11 is 0. The Kier molecular flexibility index (Phi) is 7.29. The van der Waals surface area contributed by atoms with Crippen molar-refractivity contribution in [1.82, 2.24) is 10.3 Å². The van der Waals surface area contributed by atoms with Crippen LogP contribution in [0.5, 0.6) is 0 Å². The zero-order valence-electron chi connectivity index (χ0n) is 11.6. The molecule has 0 saturated carbocycles. The first-order valence-electron chi connectivity index (χ1n) is 6.39. The molecule has 0 aliphatic carbocycles. The predicted octanol–water partition coefficient (Wildman–Crippen LogP) is 0.652. The minimum Gasteiger partial charge on any atom is -0.383 e. The van der Waals surface area contributed by atoms with Crippen LogP contribution < -0.4 is 11.3 Å². The average Bonchev–Trinajstić information content (AvgIpc) is 2.49. The summed E-state index contributed by atoms with van der Waals surface area (Å²) < 4.78 is 5.06. The Hall–Kier alpha value is -1.94. The average molecular weight is 276 g/mol. The lowest BCUT2D eigenvalue weighted by Crippen LogP contribution is -2.30. The Morgan fingerprint density at radius 2 is 2.10 bits per heavy atom. The van der Waals surface area contributed by atoms with Gasteiger partial charge in [0.1, 0.15) is 0 Å². The number of hydrogen-bond donors (Lipinski definition) is 2. The van der Waals surface area contributed by atoms with E-state index in [1.807, 2.05) is 12.1 Å². The molecule has 6 heteroatoms. The molecule has 3 N–H and O–H groups in total. The fourth-order valence-electron chi connectivity index (χ4n) is 1.80. The number of rotatable bonds is 8. The number of nitrogens with one attached hydrogen (secondary N) is 1. The molecule has 0 fully saturated rings. The van der Waals surface area contributed by atoms with Crippen molar-refractivity contribution < 1.29 is 9.53 Å². The van der Waals surface area contributed by atoms with E-state index >= 15 is 0 Å². The van der Waals surface area contributed by atoms with Crippen molar-refractivity contribution in [3.05, 3.63) is 35.4 Å². The van der Waals surface area contributed by atoms with Crippen molar-refractivity contribution in [3.63, 3.8) is 0 Å². The van der Waals surface area contributed by atoms with Gasteiger partial charge in [-0.25, -0.2) is 5.84 Å². The Morgan fingerprint density at radius 1 is 1.40 bits per heavy atom. The number of methoxy groups -OCH3 is 1. The Morgan fingerprint density at radius 3 is 2.65 bits per heavy atom. The third kappa shape index (κ3) is 5.36. The molecule has 0 saturated heterocycles. The molecular weight excluding hydrogens is 256 g/mol. The van der Waals surface area contributed by atoms with E-state index in [4.69, 9.17) is 15.8 Å². The first-order valence-corrected chi connectivity index (χ1v) is 6.39. The third-order valence-corrected chi connectivity index (χ3v) is 2.90. The second kappa shape index (κ2) is 9.04. The summed E-state index contributed by atoms with van der Waals surface area (Å²) in [5, 5.41) is 8.67. The van der Waals surface area contributed by atoms with Crippen LogP contribution in [0.15, 0.2) is 24.3 Å². The highest BCUT2D eigenvalue weighted by Crippen LogP contribution is 2.08. The molecule has 0 heterocycles. The van der Waals surface area contributed by atoms with E-state index in [1.165, 1.54) is 0 Å². The highest BCUT2D eigenvalue weighted by Gasteiger charge is 2.07. The van der Waals surface area contributed by atoms with Gasteiger partial charge in [0, 0.05) is 38.7 Å². The zero-order valence-corrected chi connectivity index (χ0v) is 11.6. The highest BCUT2D eigenvalue weighted by atomic mass is 16.5. The van der Waals surface area contributed by atoms with Gasteiger partial charge >= 0.3 is 0 Å². The molecule has 1 amide bonds. The molecule has 0 bridgehead atoms. The summed E-state index contributed by atoms with van der Waals surface area (Å²) in [5.74, 6) is 4.77. The molecule has 1 aromatic rings. The number of hydrazine groups is 1. The van der Waals surface area contributed by atoms with Gasteiger partial charge in [-0.1, -0.05) is 12.1 Å². The molecule has 0 unspecified atom stereocenters. The lowest BCUT2D eigenvalue weighted by atomic mass is 10.1. The largest absolute Gasteiger partial charge is 0.383 e. The summed E-state index contributed by atoms with van der Waals surface area (Å²) in [6, 6.07) is 9.38. The summed E-state index contributed by atoms with van der Waals surface area (Å²) in [6.07, 6.45) is 0.484. The van der Waals surface area contributed by atoms with Gasteiger partial charge in [0.2, 0.25) is 0 Å². The molecule has 0 radical (unpaired) electrons. The molecule has 0 aromatic heterocycles. The van der Waals surface area contributed by atoms with E-state index in [2.05, 4.69) is 16.4 Å². The molecular formula is C14H20N4O2. The Labute approximate surface area is 119 Å². The first-order chi connectivity index (χ1) is 9.71. The van der Waals surface area contributed by atoms with Crippen LogP contribution in [-0.2, 0) is 11.3 Å². The SMILES string of the molecule is COCCN(CCC#N)Cc1ccc(C(=O)NN)cc1. The maximum Gasteiger partial charge on any atom is 0.265 e. The second-order valence-electron chi connectivity index (χ2n) is 4.35. The first kappa shape index (κ1) is 16.1. The van der Waals surface area contributed by atoms with Gasteiger partial charge < -0.3 is 4.74 Å². The van der Waals surface area contributed by atoms with E-state index in [0.29, 0.717) is 25.1 Å². The zero-order chi connectivity index (χ0) is 14.8. The Balaban J connectivity index is 2.63. The number of nitrogens with zero attached hydrogens (tertiary/aromatic N) is 2. The topological polar surface area (TPSA) is 91.4 Å². The van der Waals surface area contributed by atoms with Crippen LogP contribution in [0, 0.1) is 11.3 Å². The van der Waals surface area contributed by atoms with Gasteiger partial charge in [-0.15, -0.1) is 0 Å². The van der Waals surface area contributed by atoms with Crippen LogP contribution in [0.25, 0.3) is 0 Å². The van der Waals surface area contributed by atoms with E-state index in [1.54, 1.807) is 19.2 Å². The number of ether oxygens (including phenoxy) is 1. The van der Waals surface area contributed by atoms with Crippen LogP contribution in [0.4, 0.5) is 0 Å². The van der Waals surface area contributed by atoms with Crippen molar-refractivity contribution in [2.24, 2.45) is 5.84 Å². The fourth-order valence-corrected chi connectivity index (χ4v) is 1.80. The summed E-state index contributed by atoms with van der Waals surface area (Å²) in [7, 11) is 1.66. The minimum atomic E-state index is -0.308. The van der Waals surface area contributed by atoms with E-state index < -0.39 is 0 Å². The van der Waals surface area contributed by atoms with E-state index in [-0.39, 0.29) is 5.91 Å². The number of carbonyl (C=O) groups is 1. The number of benzene rings is 1. The lowest BCUT2D eigenvalue weighted by Gasteiger charge is -2.20. The predicted molar refractivity (Wildman–Crippen MR) is 75.5 cm³/mol. The van der Waals surface area contributed by atoms with Gasteiger partial charge in [0.25, 0.3) is 5.91 Å². The number of carbonyl (C=O) groups excluding carboxylic acids is 1. The van der Waals surface area contributed by atoms with E-state index in [9.17, 15) is 4.79 Å². The van der Waals surface area contributed by atoms with Crippen molar-refractivity contribution in [2.45, 2.75) is 13.0 Å². The summed E-state index contributed by atoms with van der Waals surface area (Å²) in [5.41, 5.74) is 3.70. The number of nitrogen functional groups attached to an aromatic ring is 1. The lowest BCUT2D eigenvalue weighted by molar-refractivity contribution is 0.0953. The highest BCUT2D eigenvalue weighted by molar-refractivity contribution is 5.93. The van der Waals surface area contributed by atoms with Crippen molar-refractivity contribution >= 4 is 5.91 Å². The summed E-state index contributed by atoms with van der Waals surface area (Å²) in [6.45, 7) is 2.81. The maximum absolute atomic E-state index is 11.3. The van der Waals surface area contributed by atoms with Crippen molar-refractivity contribution in [3.8, 4) is 6.07 Å². The molecule has 0 spiro atoms. The standard InChI is InChI=1S/C14H20N4O2/c1-20-10-9-18(8-2-7-15)11-12-3-5-13(6-4-12)14(19)17-16/h3-6H,2,8-11,16H2,1H3,(H,17,19). The number of nitrogens with two attached hydrogens (primary N) is 1. The van der Waals surface area contributed by atoms with Crippen LogP contribution in [-0.4, -0.2) is 37.6 Å². The molecule has 0 aliphatic rings. The van der Waals surface area contributed by atoms with Gasteiger partial charge in [0.05, 0.1) is 12.7 Å². The number of nitriles is 1. The van der Waals surface area contributed by atoms with Crippen LogP contribution >= 0.6 is 0 Å². The Bertz CT molecular complexity index is 453. The van der Waals surface area contributed by atoms with Gasteiger partial charge in [-0.3, -0.25) is 15.1 Å². The smallest absolute Gasteiger partial charge is 0.265 e. The maximum atomic E-state index is 11.3. The van der Waals surface area contributed by atoms with E-state index in [0.717, 1.165) is 18.7 Å². The second-order valence-corrected chi connectivity index (χ2v) is 4.35. The molecule has 0 atom stereocenters. The number of hydrogen-bond acceptors (Lipinski definition) is 5. The van der Waals surface area contributed by atoms with Crippen LogP contribution in [0.2, 0.25) is 0 Å². The molecule has 108 valence electrons. The van der Waals surface area contributed by atoms with Gasteiger partial charge in [-0.05, 0) is 17.7 Å². The van der Waals surface area contributed by atoms with Gasteiger partial charge in [-0.2, -0.15) is 5.26 Å². The van der Waals surface area contributed by atoms with Crippen LogP contribution in [0.3, 0.4) is 0 Å². The quantitative estimate of drug-likeness (QED) is 0.413. The minimum absolute atomic E-state index is 0.308. The third-order valence-electron chi connectivity index (χ3n) is 2.90. The molecule has 0 aliphatic heterocycles. The monoisotopic (exact) mass is 276 g/mol. The molecule has 6 nitrogen and oxygen atoms in total. The normalized spacial score (nSPS) is 10.3. The van der Waals surface area contributed by atoms with Crippen molar-refractivity contribution in [1.29, 1.82) is 5.26 Å². The van der Waals surface area contributed by atoms with Crippen LogP contribution in [0.1, 0.15) is 22.3 Å². The van der Waals surface area contributed by atoms with Crippen molar-refractivity contribution in [2.75, 3.05) is 26.8 Å². The van der Waals surface area contributed by atoms with Gasteiger partial charge in [0.15, 0.2) is 0 Å². The number of amides is 1. The molecule has 1 aromatic carbocycles.